The molecule has 1 aliphatic heterocycles. The minimum atomic E-state index is -1.08. The summed E-state index contributed by atoms with van der Waals surface area (Å²) in [7, 11) is 0. The standard InChI is InChI=1S/C15H19NO4/c17-9-11-3-5-16(6-4-11)8-12-1-2-14(15(19)20)13(7-12)10-18/h1-2,7,10-11,17H,3-6,8-9H2,(H,19,20). The number of aliphatic hydroxyl groups excluding tert-OH is 1. The van der Waals surface area contributed by atoms with Gasteiger partial charge in [0.05, 0.1) is 5.56 Å². The van der Waals surface area contributed by atoms with Gasteiger partial charge in [-0.2, -0.15) is 0 Å². The Morgan fingerprint density at radius 1 is 1.35 bits per heavy atom. The summed E-state index contributed by atoms with van der Waals surface area (Å²) in [6, 6.07) is 4.89. The highest BCUT2D eigenvalue weighted by Crippen LogP contribution is 2.19. The van der Waals surface area contributed by atoms with E-state index in [0.717, 1.165) is 31.5 Å². The molecule has 20 heavy (non-hydrogen) atoms. The number of likely N-dealkylation sites (tertiary alicyclic amines) is 1. The van der Waals surface area contributed by atoms with Crippen LogP contribution in [0, 0.1) is 5.92 Å². The summed E-state index contributed by atoms with van der Waals surface area (Å²) in [4.78, 5) is 24.2. The van der Waals surface area contributed by atoms with Crippen molar-refractivity contribution in [2.24, 2.45) is 5.92 Å². The van der Waals surface area contributed by atoms with E-state index in [4.69, 9.17) is 10.2 Å². The maximum Gasteiger partial charge on any atom is 0.336 e. The highest BCUT2D eigenvalue weighted by Gasteiger charge is 2.19. The Labute approximate surface area is 117 Å². The fourth-order valence-electron chi connectivity index (χ4n) is 2.59. The van der Waals surface area contributed by atoms with Gasteiger partial charge in [-0.25, -0.2) is 4.79 Å². The molecule has 1 heterocycles. The fraction of sp³-hybridized carbons (Fsp3) is 0.467. The molecule has 108 valence electrons. The lowest BCUT2D eigenvalue weighted by molar-refractivity contribution is 0.0694. The Balaban J connectivity index is 2.03. The van der Waals surface area contributed by atoms with Crippen molar-refractivity contribution in [3.8, 4) is 0 Å². The molecule has 0 aliphatic carbocycles. The average Bonchev–Trinajstić information content (AvgIpc) is 2.47. The van der Waals surface area contributed by atoms with Crippen molar-refractivity contribution in [2.75, 3.05) is 19.7 Å². The van der Waals surface area contributed by atoms with Crippen LogP contribution < -0.4 is 0 Å². The number of hydrogen-bond donors (Lipinski definition) is 2. The van der Waals surface area contributed by atoms with Crippen LogP contribution in [0.2, 0.25) is 0 Å². The summed E-state index contributed by atoms with van der Waals surface area (Å²) in [5, 5.41) is 18.1. The minimum absolute atomic E-state index is 0.0442. The van der Waals surface area contributed by atoms with Gasteiger partial charge >= 0.3 is 5.97 Å². The smallest absolute Gasteiger partial charge is 0.336 e. The molecule has 0 radical (unpaired) electrons. The summed E-state index contributed by atoms with van der Waals surface area (Å²) in [5.41, 5.74) is 1.21. The number of hydrogen-bond acceptors (Lipinski definition) is 4. The van der Waals surface area contributed by atoms with Crippen molar-refractivity contribution in [2.45, 2.75) is 19.4 Å². The number of nitrogens with zero attached hydrogens (tertiary/aromatic N) is 1. The predicted octanol–water partition coefficient (Wildman–Crippen LogP) is 1.40. The van der Waals surface area contributed by atoms with Gasteiger partial charge in [0.15, 0.2) is 6.29 Å². The van der Waals surface area contributed by atoms with E-state index in [0.29, 0.717) is 18.7 Å². The van der Waals surface area contributed by atoms with Crippen molar-refractivity contribution in [3.05, 3.63) is 34.9 Å². The van der Waals surface area contributed by atoms with Gasteiger partial charge in [0.2, 0.25) is 0 Å². The van der Waals surface area contributed by atoms with Crippen LogP contribution in [0.3, 0.4) is 0 Å². The second-order valence-electron chi connectivity index (χ2n) is 5.25. The van der Waals surface area contributed by atoms with Gasteiger partial charge in [-0.05, 0) is 49.5 Å². The second-order valence-corrected chi connectivity index (χ2v) is 5.25. The fourth-order valence-corrected chi connectivity index (χ4v) is 2.59. The van der Waals surface area contributed by atoms with Gasteiger partial charge in [-0.1, -0.05) is 6.07 Å². The molecule has 5 heteroatoms. The number of aliphatic hydroxyl groups is 1. The maximum atomic E-state index is 11.0. The first-order valence-corrected chi connectivity index (χ1v) is 6.78. The van der Waals surface area contributed by atoms with Gasteiger partial charge in [-0.15, -0.1) is 0 Å². The highest BCUT2D eigenvalue weighted by molar-refractivity contribution is 5.97. The first-order chi connectivity index (χ1) is 9.63. The SMILES string of the molecule is O=Cc1cc(CN2CCC(CO)CC2)ccc1C(=O)O. The largest absolute Gasteiger partial charge is 0.478 e. The van der Waals surface area contributed by atoms with E-state index in [2.05, 4.69) is 4.90 Å². The van der Waals surface area contributed by atoms with Crippen LogP contribution in [0.4, 0.5) is 0 Å². The molecular weight excluding hydrogens is 258 g/mol. The third kappa shape index (κ3) is 3.43. The Morgan fingerprint density at radius 3 is 2.60 bits per heavy atom. The summed E-state index contributed by atoms with van der Waals surface area (Å²) >= 11 is 0. The van der Waals surface area contributed by atoms with Crippen LogP contribution in [0.15, 0.2) is 18.2 Å². The maximum absolute atomic E-state index is 11.0. The van der Waals surface area contributed by atoms with Gasteiger partial charge in [0.1, 0.15) is 0 Å². The molecule has 5 nitrogen and oxygen atoms in total. The van der Waals surface area contributed by atoms with Crippen LogP contribution in [0.5, 0.6) is 0 Å². The van der Waals surface area contributed by atoms with E-state index < -0.39 is 5.97 Å². The number of piperidine rings is 1. The Bertz CT molecular complexity index is 493. The lowest BCUT2D eigenvalue weighted by atomic mass is 9.97. The van der Waals surface area contributed by atoms with E-state index in [1.54, 1.807) is 12.1 Å². The molecule has 0 spiro atoms. The summed E-state index contributed by atoms with van der Waals surface area (Å²) < 4.78 is 0. The molecule has 1 aliphatic rings. The zero-order valence-electron chi connectivity index (χ0n) is 11.3. The molecule has 0 amide bonds. The molecule has 0 saturated carbocycles. The first kappa shape index (κ1) is 14.7. The van der Waals surface area contributed by atoms with Crippen molar-refractivity contribution >= 4 is 12.3 Å². The van der Waals surface area contributed by atoms with E-state index in [1.807, 2.05) is 0 Å². The zero-order chi connectivity index (χ0) is 14.5. The molecular formula is C15H19NO4. The van der Waals surface area contributed by atoms with Crippen molar-refractivity contribution in [1.29, 1.82) is 0 Å². The van der Waals surface area contributed by atoms with Crippen LogP contribution in [-0.2, 0) is 6.54 Å². The number of carbonyl (C=O) groups excluding carboxylic acids is 1. The molecule has 0 aromatic heterocycles. The minimum Gasteiger partial charge on any atom is -0.478 e. The third-order valence-electron chi connectivity index (χ3n) is 3.84. The molecule has 1 aromatic carbocycles. The molecule has 2 rings (SSSR count). The monoisotopic (exact) mass is 277 g/mol. The molecule has 1 aromatic rings. The summed E-state index contributed by atoms with van der Waals surface area (Å²) in [6.45, 7) is 2.79. The second kappa shape index (κ2) is 6.63. The number of rotatable bonds is 5. The highest BCUT2D eigenvalue weighted by atomic mass is 16.4. The number of carboxylic acids is 1. The summed E-state index contributed by atoms with van der Waals surface area (Å²) in [5.74, 6) is -0.686. The normalized spacial score (nSPS) is 17.1. The van der Waals surface area contributed by atoms with Crippen LogP contribution in [0.25, 0.3) is 0 Å². The number of aldehydes is 1. The topological polar surface area (TPSA) is 77.8 Å². The quantitative estimate of drug-likeness (QED) is 0.795. The third-order valence-corrected chi connectivity index (χ3v) is 3.84. The van der Waals surface area contributed by atoms with Crippen LogP contribution in [-0.4, -0.2) is 47.1 Å². The average molecular weight is 277 g/mol. The lowest BCUT2D eigenvalue weighted by Crippen LogP contribution is -2.34. The van der Waals surface area contributed by atoms with E-state index in [9.17, 15) is 9.59 Å². The van der Waals surface area contributed by atoms with Gasteiger partial charge < -0.3 is 10.2 Å². The van der Waals surface area contributed by atoms with E-state index in [1.165, 1.54) is 6.07 Å². The van der Waals surface area contributed by atoms with Gasteiger partial charge in [0.25, 0.3) is 0 Å². The van der Waals surface area contributed by atoms with Gasteiger partial charge in [-0.3, -0.25) is 9.69 Å². The van der Waals surface area contributed by atoms with E-state index >= 15 is 0 Å². The molecule has 0 atom stereocenters. The first-order valence-electron chi connectivity index (χ1n) is 6.78. The summed E-state index contributed by atoms with van der Waals surface area (Å²) in [6.07, 6.45) is 2.54. The van der Waals surface area contributed by atoms with Crippen LogP contribution in [0.1, 0.15) is 39.1 Å². The molecule has 1 saturated heterocycles. The predicted molar refractivity (Wildman–Crippen MR) is 73.9 cm³/mol. The Morgan fingerprint density at radius 2 is 2.05 bits per heavy atom. The zero-order valence-corrected chi connectivity index (χ0v) is 11.3. The number of benzene rings is 1. The molecule has 1 fully saturated rings. The molecule has 0 bridgehead atoms. The number of carboxylic acid groups (broad SMARTS) is 1. The number of aromatic carboxylic acids is 1. The lowest BCUT2D eigenvalue weighted by Gasteiger charge is -2.31. The van der Waals surface area contributed by atoms with Crippen LogP contribution >= 0.6 is 0 Å². The van der Waals surface area contributed by atoms with Crippen molar-refractivity contribution in [3.63, 3.8) is 0 Å². The molecule has 0 unspecified atom stereocenters. The van der Waals surface area contributed by atoms with Gasteiger partial charge in [0, 0.05) is 18.7 Å². The Hall–Kier alpha value is -1.72. The Kier molecular flexibility index (Phi) is 4.87. The molecule has 2 N–H and O–H groups in total. The van der Waals surface area contributed by atoms with Crippen molar-refractivity contribution in [1.82, 2.24) is 4.90 Å². The van der Waals surface area contributed by atoms with E-state index in [-0.39, 0.29) is 17.7 Å². The van der Waals surface area contributed by atoms with Crippen molar-refractivity contribution < 1.29 is 19.8 Å². The number of carbonyl (C=O) groups is 2.